The van der Waals surface area contributed by atoms with Gasteiger partial charge < -0.3 is 14.5 Å². The van der Waals surface area contributed by atoms with E-state index in [9.17, 15) is 28.1 Å². The average Bonchev–Trinajstić information content (AvgIpc) is 2.77. The number of piperazine rings is 1. The molecular formula is C20H20ClN3O7S. The minimum atomic E-state index is -3.75. The fourth-order valence-electron chi connectivity index (χ4n) is 3.13. The second-order valence-corrected chi connectivity index (χ2v) is 9.61. The molecule has 12 heteroatoms. The number of carbonyl (C=O) groups is 2. The molecule has 0 aromatic heterocycles. The van der Waals surface area contributed by atoms with Gasteiger partial charge in [0.05, 0.1) is 9.82 Å². The highest BCUT2D eigenvalue weighted by Gasteiger charge is 2.27. The van der Waals surface area contributed by atoms with Crippen molar-refractivity contribution in [3.05, 3.63) is 63.2 Å². The van der Waals surface area contributed by atoms with Gasteiger partial charge in [-0.3, -0.25) is 19.7 Å². The molecule has 0 bridgehead atoms. The third-order valence-corrected chi connectivity index (χ3v) is 6.22. The molecule has 0 aliphatic carbocycles. The molecule has 0 radical (unpaired) electrons. The van der Waals surface area contributed by atoms with Crippen molar-refractivity contribution in [2.75, 3.05) is 39.0 Å². The number of rotatable bonds is 6. The lowest BCUT2D eigenvalue weighted by Gasteiger charge is -2.34. The van der Waals surface area contributed by atoms with Gasteiger partial charge in [-0.2, -0.15) is 0 Å². The minimum absolute atomic E-state index is 0.0922. The lowest BCUT2D eigenvalue weighted by molar-refractivity contribution is -0.385. The van der Waals surface area contributed by atoms with Crippen molar-refractivity contribution in [2.45, 2.75) is 4.90 Å². The Morgan fingerprint density at radius 1 is 1.06 bits per heavy atom. The fourth-order valence-corrected chi connectivity index (χ4v) is 3.94. The number of benzene rings is 2. The van der Waals surface area contributed by atoms with Gasteiger partial charge in [0.25, 0.3) is 17.5 Å². The number of nitrogens with zero attached hydrogens (tertiary/aromatic N) is 3. The molecule has 1 aliphatic rings. The van der Waals surface area contributed by atoms with Crippen LogP contribution in [0.2, 0.25) is 5.02 Å². The monoisotopic (exact) mass is 481 g/mol. The van der Waals surface area contributed by atoms with E-state index in [1.54, 1.807) is 29.2 Å². The number of ether oxygens (including phenoxy) is 1. The second kappa shape index (κ2) is 9.53. The summed E-state index contributed by atoms with van der Waals surface area (Å²) in [6.07, 6.45) is 0.914. The number of non-ortho nitro benzene ring substituents is 1. The molecule has 0 spiro atoms. The molecule has 0 unspecified atom stereocenters. The van der Waals surface area contributed by atoms with Crippen molar-refractivity contribution in [3.8, 4) is 5.75 Å². The lowest BCUT2D eigenvalue weighted by Crippen LogP contribution is -2.51. The zero-order valence-electron chi connectivity index (χ0n) is 17.1. The van der Waals surface area contributed by atoms with Crippen molar-refractivity contribution in [1.82, 2.24) is 9.80 Å². The number of nitro groups is 1. The number of amides is 2. The zero-order valence-corrected chi connectivity index (χ0v) is 18.6. The first-order valence-corrected chi connectivity index (χ1v) is 11.8. The summed E-state index contributed by atoms with van der Waals surface area (Å²) in [6.45, 7) is 0.730. The Kier molecular flexibility index (Phi) is 6.99. The van der Waals surface area contributed by atoms with Crippen LogP contribution in [0.1, 0.15) is 10.4 Å². The van der Waals surface area contributed by atoms with Crippen LogP contribution in [0.15, 0.2) is 47.4 Å². The summed E-state index contributed by atoms with van der Waals surface area (Å²) in [5.74, 6) is -0.284. The van der Waals surface area contributed by atoms with E-state index in [-0.39, 0.29) is 49.2 Å². The third kappa shape index (κ3) is 5.74. The zero-order chi connectivity index (χ0) is 23.5. The Bertz CT molecular complexity index is 1140. The quantitative estimate of drug-likeness (QED) is 0.456. The van der Waals surface area contributed by atoms with Crippen LogP contribution in [0.3, 0.4) is 0 Å². The van der Waals surface area contributed by atoms with E-state index in [1.807, 2.05) is 0 Å². The Hall–Kier alpha value is -3.18. The van der Waals surface area contributed by atoms with Gasteiger partial charge in [0, 0.05) is 55.2 Å². The van der Waals surface area contributed by atoms with Crippen molar-refractivity contribution in [2.24, 2.45) is 0 Å². The van der Waals surface area contributed by atoms with Crippen LogP contribution in [0.5, 0.6) is 5.75 Å². The molecule has 0 saturated carbocycles. The summed E-state index contributed by atoms with van der Waals surface area (Å²) < 4.78 is 29.1. The van der Waals surface area contributed by atoms with Crippen molar-refractivity contribution >= 4 is 38.9 Å². The maximum atomic E-state index is 12.8. The van der Waals surface area contributed by atoms with Crippen LogP contribution in [-0.2, 0) is 14.6 Å². The van der Waals surface area contributed by atoms with Gasteiger partial charge in [0.1, 0.15) is 5.75 Å². The highest BCUT2D eigenvalue weighted by Crippen LogP contribution is 2.22. The predicted molar refractivity (Wildman–Crippen MR) is 116 cm³/mol. The van der Waals surface area contributed by atoms with E-state index < -0.39 is 26.4 Å². The highest BCUT2D eigenvalue weighted by molar-refractivity contribution is 7.90. The molecule has 1 fully saturated rings. The van der Waals surface area contributed by atoms with Gasteiger partial charge in [-0.15, -0.1) is 0 Å². The number of carbonyl (C=O) groups excluding carboxylic acids is 2. The summed E-state index contributed by atoms with van der Waals surface area (Å²) in [6, 6.07) is 9.69. The molecule has 3 rings (SSSR count). The number of hydrogen-bond acceptors (Lipinski definition) is 7. The molecule has 0 N–H and O–H groups in total. The number of hydrogen-bond donors (Lipinski definition) is 0. The molecule has 2 aromatic carbocycles. The first-order chi connectivity index (χ1) is 15.0. The molecule has 2 aromatic rings. The van der Waals surface area contributed by atoms with Crippen LogP contribution >= 0.6 is 11.6 Å². The maximum absolute atomic E-state index is 12.8. The predicted octanol–water partition coefficient (Wildman–Crippen LogP) is 2.02. The fraction of sp³-hybridized carbons (Fsp3) is 0.300. The summed E-state index contributed by atoms with van der Waals surface area (Å²) in [4.78, 5) is 38.3. The summed E-state index contributed by atoms with van der Waals surface area (Å²) in [5, 5.41) is 11.7. The van der Waals surface area contributed by atoms with E-state index >= 15 is 0 Å². The average molecular weight is 482 g/mol. The van der Waals surface area contributed by atoms with Gasteiger partial charge in [-0.1, -0.05) is 11.6 Å². The summed E-state index contributed by atoms with van der Waals surface area (Å²) >= 11 is 5.81. The smallest absolute Gasteiger partial charge is 0.271 e. The molecule has 32 heavy (non-hydrogen) atoms. The Labute approximate surface area is 189 Å². The third-order valence-electron chi connectivity index (χ3n) is 4.87. The van der Waals surface area contributed by atoms with Crippen molar-refractivity contribution in [1.29, 1.82) is 0 Å². The Balaban J connectivity index is 1.62. The van der Waals surface area contributed by atoms with E-state index in [4.69, 9.17) is 16.3 Å². The van der Waals surface area contributed by atoms with Gasteiger partial charge in [0.2, 0.25) is 0 Å². The number of sulfone groups is 1. The largest absolute Gasteiger partial charge is 0.484 e. The molecule has 2 amide bonds. The van der Waals surface area contributed by atoms with Crippen LogP contribution in [-0.4, -0.2) is 74.0 Å². The molecule has 10 nitrogen and oxygen atoms in total. The van der Waals surface area contributed by atoms with E-state index in [1.165, 1.54) is 4.90 Å². The lowest BCUT2D eigenvalue weighted by atomic mass is 10.1. The number of halogens is 1. The van der Waals surface area contributed by atoms with Crippen molar-refractivity contribution in [3.63, 3.8) is 0 Å². The van der Waals surface area contributed by atoms with Crippen LogP contribution in [0.25, 0.3) is 0 Å². The van der Waals surface area contributed by atoms with E-state index in [0.717, 1.165) is 24.5 Å². The van der Waals surface area contributed by atoms with Gasteiger partial charge in [-0.25, -0.2) is 8.42 Å². The van der Waals surface area contributed by atoms with Gasteiger partial charge in [0.15, 0.2) is 16.4 Å². The molecule has 1 heterocycles. The Morgan fingerprint density at radius 2 is 1.66 bits per heavy atom. The normalized spacial score (nSPS) is 14.2. The van der Waals surface area contributed by atoms with Crippen LogP contribution < -0.4 is 4.74 Å². The van der Waals surface area contributed by atoms with E-state index in [2.05, 4.69) is 0 Å². The van der Waals surface area contributed by atoms with Gasteiger partial charge >= 0.3 is 0 Å². The molecule has 1 aliphatic heterocycles. The number of nitro benzene ring substituents is 1. The first-order valence-electron chi connectivity index (χ1n) is 9.49. The molecule has 170 valence electrons. The van der Waals surface area contributed by atoms with Crippen molar-refractivity contribution < 1.29 is 27.7 Å². The van der Waals surface area contributed by atoms with Crippen LogP contribution in [0.4, 0.5) is 5.69 Å². The molecule has 0 atom stereocenters. The SMILES string of the molecule is CS(=O)(=O)c1cc(C(=O)N2CCN(C(=O)COc3ccc(Cl)cc3)CC2)cc([N+](=O)[O-])c1. The topological polar surface area (TPSA) is 127 Å². The maximum Gasteiger partial charge on any atom is 0.271 e. The van der Waals surface area contributed by atoms with E-state index in [0.29, 0.717) is 10.8 Å². The minimum Gasteiger partial charge on any atom is -0.484 e. The standard InChI is InChI=1S/C20H20ClN3O7S/c1-32(29,30)18-11-14(10-16(12-18)24(27)28)20(26)23-8-6-22(7-9-23)19(25)13-31-17-4-2-15(21)3-5-17/h2-5,10-12H,6-9,13H2,1H3. The van der Waals surface area contributed by atoms with Crippen LogP contribution in [0, 0.1) is 10.1 Å². The Morgan fingerprint density at radius 3 is 2.22 bits per heavy atom. The molecule has 1 saturated heterocycles. The second-order valence-electron chi connectivity index (χ2n) is 7.16. The first kappa shape index (κ1) is 23.5. The summed E-state index contributed by atoms with van der Waals surface area (Å²) in [5.41, 5.74) is -0.574. The summed E-state index contributed by atoms with van der Waals surface area (Å²) in [7, 11) is -3.75. The molecular weight excluding hydrogens is 462 g/mol. The highest BCUT2D eigenvalue weighted by atomic mass is 35.5. The van der Waals surface area contributed by atoms with Gasteiger partial charge in [-0.05, 0) is 30.3 Å².